The lowest BCUT2D eigenvalue weighted by atomic mass is 9.96. The molecule has 8 N–H and O–H groups in total. The Labute approximate surface area is 186 Å². The summed E-state index contributed by atoms with van der Waals surface area (Å²) in [5.41, 5.74) is 11.5. The molecular weight excluding hydrogens is 418 g/mol. The summed E-state index contributed by atoms with van der Waals surface area (Å²) in [4.78, 5) is 59.7. The number of aliphatic carboxylic acids is 1. The van der Waals surface area contributed by atoms with Crippen LogP contribution in [0.3, 0.4) is 0 Å². The van der Waals surface area contributed by atoms with E-state index in [-0.39, 0.29) is 18.8 Å². The van der Waals surface area contributed by atoms with E-state index < -0.39 is 54.3 Å². The highest BCUT2D eigenvalue weighted by Crippen LogP contribution is 2.10. The van der Waals surface area contributed by atoms with E-state index in [9.17, 15) is 24.0 Å². The van der Waals surface area contributed by atoms with Crippen LogP contribution in [0.4, 0.5) is 0 Å². The van der Waals surface area contributed by atoms with Crippen molar-refractivity contribution in [3.05, 3.63) is 35.9 Å². The van der Waals surface area contributed by atoms with Crippen molar-refractivity contribution in [2.45, 2.75) is 51.2 Å². The molecule has 0 aliphatic carbocycles. The number of nitrogens with two attached hydrogens (primary N) is 2. The summed E-state index contributed by atoms with van der Waals surface area (Å²) in [6.07, 6.45) is 0.257. The molecule has 0 aliphatic rings. The van der Waals surface area contributed by atoms with E-state index in [0.717, 1.165) is 5.56 Å². The Kier molecular flexibility index (Phi) is 10.8. The lowest BCUT2D eigenvalue weighted by Crippen LogP contribution is -2.58. The minimum Gasteiger partial charge on any atom is -0.480 e. The molecule has 4 unspecified atom stereocenters. The van der Waals surface area contributed by atoms with Crippen LogP contribution in [0, 0.1) is 5.92 Å². The quantitative estimate of drug-likeness (QED) is 0.214. The van der Waals surface area contributed by atoms with Crippen LogP contribution in [-0.4, -0.2) is 59.4 Å². The van der Waals surface area contributed by atoms with Gasteiger partial charge in [0.1, 0.15) is 18.6 Å². The van der Waals surface area contributed by atoms with Gasteiger partial charge in [0.2, 0.25) is 23.6 Å². The summed E-state index contributed by atoms with van der Waals surface area (Å²) >= 11 is 0. The van der Waals surface area contributed by atoms with E-state index in [1.807, 2.05) is 6.92 Å². The molecule has 4 amide bonds. The first kappa shape index (κ1) is 26.6. The van der Waals surface area contributed by atoms with Gasteiger partial charge in [-0.05, 0) is 11.5 Å². The number of hydrogen-bond donors (Lipinski definition) is 6. The van der Waals surface area contributed by atoms with Gasteiger partial charge < -0.3 is 32.5 Å². The smallest absolute Gasteiger partial charge is 0.322 e. The van der Waals surface area contributed by atoms with Gasteiger partial charge >= 0.3 is 5.97 Å². The summed E-state index contributed by atoms with van der Waals surface area (Å²) in [6.45, 7) is 2.95. The van der Waals surface area contributed by atoms with Crippen LogP contribution in [0.1, 0.15) is 32.3 Å². The zero-order chi connectivity index (χ0) is 24.3. The average Bonchev–Trinajstić information content (AvgIpc) is 2.74. The number of nitrogens with one attached hydrogen (secondary N) is 3. The van der Waals surface area contributed by atoms with Gasteiger partial charge in [-0.3, -0.25) is 24.0 Å². The normalized spacial score (nSPS) is 14.3. The molecule has 0 fully saturated rings. The molecule has 32 heavy (non-hydrogen) atoms. The third kappa shape index (κ3) is 9.13. The first-order valence-corrected chi connectivity index (χ1v) is 10.2. The van der Waals surface area contributed by atoms with E-state index in [1.165, 1.54) is 0 Å². The highest BCUT2D eigenvalue weighted by Gasteiger charge is 2.31. The fourth-order valence-corrected chi connectivity index (χ4v) is 2.88. The summed E-state index contributed by atoms with van der Waals surface area (Å²) < 4.78 is 0. The molecule has 176 valence electrons. The second kappa shape index (κ2) is 13.1. The second-order valence-corrected chi connectivity index (χ2v) is 7.51. The van der Waals surface area contributed by atoms with Crippen molar-refractivity contribution in [3.63, 3.8) is 0 Å². The number of primary amides is 1. The Balaban J connectivity index is 3.01. The van der Waals surface area contributed by atoms with E-state index in [1.54, 1.807) is 37.3 Å². The third-order valence-corrected chi connectivity index (χ3v) is 4.88. The second-order valence-electron chi connectivity index (χ2n) is 7.51. The monoisotopic (exact) mass is 449 g/mol. The summed E-state index contributed by atoms with van der Waals surface area (Å²) in [5, 5.41) is 16.2. The molecule has 1 rings (SSSR count). The SMILES string of the molecule is CCC(C)C(NC(=O)C(N)CC(N)=O)C(=O)NC(Cc1ccccc1)C(=O)NCC(=O)O. The molecule has 0 spiro atoms. The molecule has 0 saturated carbocycles. The van der Waals surface area contributed by atoms with Gasteiger partial charge in [-0.2, -0.15) is 0 Å². The van der Waals surface area contributed by atoms with E-state index >= 15 is 0 Å². The Morgan fingerprint density at radius 2 is 1.62 bits per heavy atom. The highest BCUT2D eigenvalue weighted by atomic mass is 16.4. The molecule has 0 bridgehead atoms. The lowest BCUT2D eigenvalue weighted by molar-refractivity contribution is -0.138. The zero-order valence-electron chi connectivity index (χ0n) is 18.2. The van der Waals surface area contributed by atoms with Gasteiger partial charge in [-0.25, -0.2) is 0 Å². The first-order valence-electron chi connectivity index (χ1n) is 10.2. The molecule has 0 saturated heterocycles. The zero-order valence-corrected chi connectivity index (χ0v) is 18.2. The van der Waals surface area contributed by atoms with E-state index in [2.05, 4.69) is 16.0 Å². The number of rotatable bonds is 13. The maximum absolute atomic E-state index is 13.0. The van der Waals surface area contributed by atoms with Crippen LogP contribution in [0.25, 0.3) is 0 Å². The highest BCUT2D eigenvalue weighted by molar-refractivity contribution is 5.94. The van der Waals surface area contributed by atoms with Crippen LogP contribution < -0.4 is 27.4 Å². The van der Waals surface area contributed by atoms with Gasteiger partial charge in [0.25, 0.3) is 0 Å². The van der Waals surface area contributed by atoms with E-state index in [0.29, 0.717) is 6.42 Å². The minimum atomic E-state index is -1.23. The van der Waals surface area contributed by atoms with Crippen LogP contribution >= 0.6 is 0 Å². The van der Waals surface area contributed by atoms with Crippen LogP contribution in [0.2, 0.25) is 0 Å². The number of hydrogen-bond acceptors (Lipinski definition) is 6. The minimum absolute atomic E-state index is 0.112. The van der Waals surface area contributed by atoms with Crippen LogP contribution in [0.15, 0.2) is 30.3 Å². The van der Waals surface area contributed by atoms with E-state index in [4.69, 9.17) is 16.6 Å². The van der Waals surface area contributed by atoms with Crippen LogP contribution in [-0.2, 0) is 30.4 Å². The van der Waals surface area contributed by atoms with Gasteiger partial charge in [-0.15, -0.1) is 0 Å². The Morgan fingerprint density at radius 1 is 1.00 bits per heavy atom. The molecule has 11 nitrogen and oxygen atoms in total. The van der Waals surface area contributed by atoms with Crippen molar-refractivity contribution in [1.82, 2.24) is 16.0 Å². The number of amides is 4. The van der Waals surface area contributed by atoms with Crippen molar-refractivity contribution < 1.29 is 29.1 Å². The van der Waals surface area contributed by atoms with Gasteiger partial charge in [0, 0.05) is 6.42 Å². The molecule has 4 atom stereocenters. The topological polar surface area (TPSA) is 194 Å². The fraction of sp³-hybridized carbons (Fsp3) is 0.476. The molecular formula is C21H31N5O6. The average molecular weight is 450 g/mol. The maximum Gasteiger partial charge on any atom is 0.322 e. The molecule has 11 heteroatoms. The number of carbonyl (C=O) groups is 5. The molecule has 0 aliphatic heterocycles. The summed E-state index contributed by atoms with van der Waals surface area (Å²) in [6, 6.07) is 5.54. The van der Waals surface area contributed by atoms with Gasteiger partial charge in [-0.1, -0.05) is 50.6 Å². The summed E-state index contributed by atoms with van der Waals surface area (Å²) in [5.74, 6) is -4.33. The summed E-state index contributed by atoms with van der Waals surface area (Å²) in [7, 11) is 0. The Hall–Kier alpha value is -3.47. The molecule has 1 aromatic carbocycles. The molecule has 0 aromatic heterocycles. The fourth-order valence-electron chi connectivity index (χ4n) is 2.88. The van der Waals surface area contributed by atoms with Crippen molar-refractivity contribution >= 4 is 29.6 Å². The van der Waals surface area contributed by atoms with Crippen molar-refractivity contribution in [2.75, 3.05) is 6.54 Å². The molecule has 1 aromatic rings. The van der Waals surface area contributed by atoms with Crippen molar-refractivity contribution in [3.8, 4) is 0 Å². The maximum atomic E-state index is 13.0. The number of carboxylic acids is 1. The lowest BCUT2D eigenvalue weighted by Gasteiger charge is -2.27. The van der Waals surface area contributed by atoms with Gasteiger partial charge in [0.05, 0.1) is 12.5 Å². The molecule has 0 heterocycles. The molecule has 0 radical (unpaired) electrons. The predicted molar refractivity (Wildman–Crippen MR) is 116 cm³/mol. The first-order chi connectivity index (χ1) is 15.0. The Morgan fingerprint density at radius 3 is 2.16 bits per heavy atom. The van der Waals surface area contributed by atoms with Crippen LogP contribution in [0.5, 0.6) is 0 Å². The largest absolute Gasteiger partial charge is 0.480 e. The Bertz CT molecular complexity index is 816. The third-order valence-electron chi connectivity index (χ3n) is 4.88. The number of benzene rings is 1. The number of carbonyl (C=O) groups excluding carboxylic acids is 4. The van der Waals surface area contributed by atoms with Crippen molar-refractivity contribution in [1.29, 1.82) is 0 Å². The standard InChI is InChI=1S/C21H31N5O6/c1-3-12(2)18(26-19(30)14(22)10-16(23)27)21(32)25-15(20(31)24-11-17(28)29)9-13-7-5-4-6-8-13/h4-8,12,14-15,18H,3,9-11,22H2,1-2H3,(H2,23,27)(H,24,31)(H,25,32)(H,26,30)(H,28,29). The number of carboxylic acid groups (broad SMARTS) is 1. The van der Waals surface area contributed by atoms with Gasteiger partial charge in [0.15, 0.2) is 0 Å². The predicted octanol–water partition coefficient (Wildman–Crippen LogP) is -1.35. The van der Waals surface area contributed by atoms with Crippen molar-refractivity contribution in [2.24, 2.45) is 17.4 Å².